The molecule has 2 aromatic carbocycles. The lowest BCUT2D eigenvalue weighted by atomic mass is 10.0. The number of anilines is 1. The van der Waals surface area contributed by atoms with Gasteiger partial charge in [-0.05, 0) is 41.8 Å². The van der Waals surface area contributed by atoms with E-state index in [4.69, 9.17) is 9.47 Å². The maximum absolute atomic E-state index is 12.6. The smallest absolute Gasteiger partial charge is 0.238 e. The number of ether oxygens (including phenoxy) is 2. The molecule has 0 aliphatic rings. The molecule has 5 heteroatoms. The van der Waals surface area contributed by atoms with Crippen molar-refractivity contribution in [2.75, 3.05) is 32.6 Å². The number of benzene rings is 2. The first-order chi connectivity index (χ1) is 13.0. The van der Waals surface area contributed by atoms with Crippen LogP contribution in [0.3, 0.4) is 0 Å². The van der Waals surface area contributed by atoms with Crippen molar-refractivity contribution < 1.29 is 14.3 Å². The van der Waals surface area contributed by atoms with Crippen LogP contribution in [0.4, 0.5) is 5.69 Å². The molecule has 0 aliphatic carbocycles. The summed E-state index contributed by atoms with van der Waals surface area (Å²) < 4.78 is 10.6. The molecule has 0 radical (unpaired) electrons. The standard InChI is InChI=1S/C22H30N2O3/c1-6-24(14-17-11-12-20(26-4)21(13-17)27-5)15-22(25)23-19-10-8-7-9-18(19)16(2)3/h7-13,16H,6,14-15H2,1-5H3,(H,23,25). The van der Waals surface area contributed by atoms with Gasteiger partial charge in [0, 0.05) is 12.2 Å². The highest BCUT2D eigenvalue weighted by molar-refractivity contribution is 5.93. The van der Waals surface area contributed by atoms with Gasteiger partial charge in [0.1, 0.15) is 0 Å². The highest BCUT2D eigenvalue weighted by Gasteiger charge is 2.14. The molecule has 5 nitrogen and oxygen atoms in total. The van der Waals surface area contributed by atoms with Crippen LogP contribution in [0.5, 0.6) is 11.5 Å². The first-order valence-electron chi connectivity index (χ1n) is 9.30. The quantitative estimate of drug-likeness (QED) is 0.715. The molecule has 27 heavy (non-hydrogen) atoms. The Hall–Kier alpha value is -2.53. The van der Waals surface area contributed by atoms with Gasteiger partial charge >= 0.3 is 0 Å². The SMILES string of the molecule is CCN(CC(=O)Nc1ccccc1C(C)C)Cc1ccc(OC)c(OC)c1. The number of likely N-dealkylation sites (N-methyl/N-ethyl adjacent to an activating group) is 1. The Morgan fingerprint density at radius 2 is 1.78 bits per heavy atom. The molecule has 0 bridgehead atoms. The minimum absolute atomic E-state index is 0.00886. The van der Waals surface area contributed by atoms with Crippen molar-refractivity contribution in [1.29, 1.82) is 0 Å². The molecular weight excluding hydrogens is 340 g/mol. The Balaban J connectivity index is 2.03. The number of nitrogens with one attached hydrogen (secondary N) is 1. The molecular formula is C22H30N2O3. The second-order valence-corrected chi connectivity index (χ2v) is 6.78. The van der Waals surface area contributed by atoms with Crippen molar-refractivity contribution in [3.8, 4) is 11.5 Å². The van der Waals surface area contributed by atoms with Crippen LogP contribution in [0.1, 0.15) is 37.8 Å². The molecule has 1 N–H and O–H groups in total. The Labute approximate surface area is 162 Å². The molecule has 0 heterocycles. The van der Waals surface area contributed by atoms with Gasteiger partial charge in [0.25, 0.3) is 0 Å². The number of para-hydroxylation sites is 1. The number of amides is 1. The van der Waals surface area contributed by atoms with E-state index in [1.807, 2.05) is 36.4 Å². The Kier molecular flexibility index (Phi) is 7.67. The fourth-order valence-electron chi connectivity index (χ4n) is 3.02. The van der Waals surface area contributed by atoms with Gasteiger partial charge in [0.05, 0.1) is 20.8 Å². The highest BCUT2D eigenvalue weighted by atomic mass is 16.5. The number of hydrogen-bond donors (Lipinski definition) is 1. The predicted octanol–water partition coefficient (Wildman–Crippen LogP) is 4.29. The lowest BCUT2D eigenvalue weighted by Crippen LogP contribution is -2.33. The van der Waals surface area contributed by atoms with E-state index >= 15 is 0 Å². The van der Waals surface area contributed by atoms with E-state index in [0.717, 1.165) is 23.4 Å². The van der Waals surface area contributed by atoms with Crippen LogP contribution in [-0.4, -0.2) is 38.1 Å². The van der Waals surface area contributed by atoms with Crippen LogP contribution in [0, 0.1) is 0 Å². The lowest BCUT2D eigenvalue weighted by Gasteiger charge is -2.21. The molecule has 0 aromatic heterocycles. The van der Waals surface area contributed by atoms with Crippen LogP contribution in [0.25, 0.3) is 0 Å². The number of nitrogens with zero attached hydrogens (tertiary/aromatic N) is 1. The van der Waals surface area contributed by atoms with Gasteiger partial charge in [-0.2, -0.15) is 0 Å². The summed E-state index contributed by atoms with van der Waals surface area (Å²) in [6.07, 6.45) is 0. The molecule has 0 saturated carbocycles. The number of rotatable bonds is 9. The topological polar surface area (TPSA) is 50.8 Å². The Bertz CT molecular complexity index is 759. The molecule has 1 amide bonds. The van der Waals surface area contributed by atoms with Gasteiger partial charge in [0.2, 0.25) is 5.91 Å². The summed E-state index contributed by atoms with van der Waals surface area (Å²) in [5.74, 6) is 1.75. The van der Waals surface area contributed by atoms with E-state index in [1.165, 1.54) is 0 Å². The summed E-state index contributed by atoms with van der Waals surface area (Å²) in [5, 5.41) is 3.06. The van der Waals surface area contributed by atoms with Gasteiger partial charge in [-0.3, -0.25) is 9.69 Å². The molecule has 0 aliphatic heterocycles. The van der Waals surface area contributed by atoms with Crippen LogP contribution >= 0.6 is 0 Å². The molecule has 0 fully saturated rings. The van der Waals surface area contributed by atoms with Crippen molar-refractivity contribution in [2.45, 2.75) is 33.2 Å². The van der Waals surface area contributed by atoms with Crippen LogP contribution in [0.15, 0.2) is 42.5 Å². The van der Waals surface area contributed by atoms with Gasteiger partial charge < -0.3 is 14.8 Å². The van der Waals surface area contributed by atoms with E-state index in [2.05, 4.69) is 37.1 Å². The third-order valence-electron chi connectivity index (χ3n) is 4.53. The van der Waals surface area contributed by atoms with Crippen LogP contribution in [0.2, 0.25) is 0 Å². The van der Waals surface area contributed by atoms with E-state index in [-0.39, 0.29) is 5.91 Å². The molecule has 146 valence electrons. The van der Waals surface area contributed by atoms with Crippen molar-refractivity contribution in [2.24, 2.45) is 0 Å². The summed E-state index contributed by atoms with van der Waals surface area (Å²) in [6.45, 7) is 8.07. The number of methoxy groups -OCH3 is 2. The fraction of sp³-hybridized carbons (Fsp3) is 0.409. The monoisotopic (exact) mass is 370 g/mol. The van der Waals surface area contributed by atoms with Crippen LogP contribution in [-0.2, 0) is 11.3 Å². The predicted molar refractivity (Wildman–Crippen MR) is 110 cm³/mol. The van der Waals surface area contributed by atoms with Crippen LogP contribution < -0.4 is 14.8 Å². The molecule has 0 unspecified atom stereocenters. The normalized spacial score (nSPS) is 10.9. The van der Waals surface area contributed by atoms with E-state index < -0.39 is 0 Å². The number of carbonyl (C=O) groups excluding carboxylic acids is 1. The molecule has 0 atom stereocenters. The molecule has 0 saturated heterocycles. The zero-order valence-electron chi connectivity index (χ0n) is 16.9. The zero-order chi connectivity index (χ0) is 19.8. The molecule has 0 spiro atoms. The second-order valence-electron chi connectivity index (χ2n) is 6.78. The Morgan fingerprint density at radius 3 is 2.41 bits per heavy atom. The minimum Gasteiger partial charge on any atom is -0.493 e. The van der Waals surface area contributed by atoms with Crippen molar-refractivity contribution in [3.63, 3.8) is 0 Å². The van der Waals surface area contributed by atoms with Gasteiger partial charge in [-0.1, -0.05) is 45.0 Å². The molecule has 2 rings (SSSR count). The second kappa shape index (κ2) is 9.97. The third kappa shape index (κ3) is 5.73. The average Bonchev–Trinajstić information content (AvgIpc) is 2.67. The van der Waals surface area contributed by atoms with E-state index in [9.17, 15) is 4.79 Å². The van der Waals surface area contributed by atoms with Crippen molar-refractivity contribution in [3.05, 3.63) is 53.6 Å². The highest BCUT2D eigenvalue weighted by Crippen LogP contribution is 2.28. The summed E-state index contributed by atoms with van der Waals surface area (Å²) >= 11 is 0. The zero-order valence-corrected chi connectivity index (χ0v) is 16.9. The fourth-order valence-corrected chi connectivity index (χ4v) is 3.02. The van der Waals surface area contributed by atoms with Gasteiger partial charge in [0.15, 0.2) is 11.5 Å². The average molecular weight is 370 g/mol. The summed E-state index contributed by atoms with van der Waals surface area (Å²) in [6, 6.07) is 13.8. The largest absolute Gasteiger partial charge is 0.493 e. The maximum Gasteiger partial charge on any atom is 0.238 e. The molecule has 2 aromatic rings. The number of carbonyl (C=O) groups is 1. The summed E-state index contributed by atoms with van der Waals surface area (Å²) in [5.41, 5.74) is 3.11. The third-order valence-corrected chi connectivity index (χ3v) is 4.53. The Morgan fingerprint density at radius 1 is 1.07 bits per heavy atom. The van der Waals surface area contributed by atoms with E-state index in [1.54, 1.807) is 14.2 Å². The summed E-state index contributed by atoms with van der Waals surface area (Å²) in [4.78, 5) is 14.7. The van der Waals surface area contributed by atoms with Crippen molar-refractivity contribution in [1.82, 2.24) is 4.90 Å². The van der Waals surface area contributed by atoms with Gasteiger partial charge in [-0.15, -0.1) is 0 Å². The van der Waals surface area contributed by atoms with E-state index in [0.29, 0.717) is 30.5 Å². The summed E-state index contributed by atoms with van der Waals surface area (Å²) in [7, 11) is 3.24. The first-order valence-corrected chi connectivity index (χ1v) is 9.30. The van der Waals surface area contributed by atoms with Crippen molar-refractivity contribution >= 4 is 11.6 Å². The van der Waals surface area contributed by atoms with Gasteiger partial charge in [-0.25, -0.2) is 0 Å². The lowest BCUT2D eigenvalue weighted by molar-refractivity contribution is -0.117. The maximum atomic E-state index is 12.6. The first kappa shape index (κ1) is 20.8. The minimum atomic E-state index is -0.00886. The number of hydrogen-bond acceptors (Lipinski definition) is 4.